The van der Waals surface area contributed by atoms with E-state index in [-0.39, 0.29) is 38.4 Å². The fraction of sp³-hybridized carbons (Fsp3) is 1.00. The summed E-state index contributed by atoms with van der Waals surface area (Å²) < 4.78 is 54.0. The third-order valence-electron chi connectivity index (χ3n) is 4.99. The van der Waals surface area contributed by atoms with Gasteiger partial charge in [0.15, 0.2) is 0 Å². The Balaban J connectivity index is 2.02. The van der Waals surface area contributed by atoms with E-state index in [4.69, 9.17) is 34.1 Å². The number of hydrogen-bond acceptors (Lipinski definition) is 7. The molecule has 0 aromatic heterocycles. The van der Waals surface area contributed by atoms with Crippen molar-refractivity contribution in [2.45, 2.75) is 24.2 Å². The van der Waals surface area contributed by atoms with Gasteiger partial charge in [-0.3, -0.25) is 9.13 Å². The largest absolute Gasteiger partial charge is 0.380 e. The van der Waals surface area contributed by atoms with Gasteiger partial charge in [-0.25, -0.2) is 14.0 Å². The second kappa shape index (κ2) is 11.5. The van der Waals surface area contributed by atoms with E-state index in [0.29, 0.717) is 13.1 Å². The zero-order chi connectivity index (χ0) is 22.5. The number of rotatable bonds is 10. The van der Waals surface area contributed by atoms with E-state index in [0.717, 1.165) is 0 Å². The molecule has 30 heavy (non-hydrogen) atoms. The van der Waals surface area contributed by atoms with Gasteiger partial charge < -0.3 is 23.8 Å². The lowest BCUT2D eigenvalue weighted by molar-refractivity contribution is -0.0550. The summed E-state index contributed by atoms with van der Waals surface area (Å²) in [6.07, 6.45) is -0.778. The van der Waals surface area contributed by atoms with Crippen LogP contribution in [0.15, 0.2) is 0 Å². The van der Waals surface area contributed by atoms with E-state index >= 15 is 0 Å². The lowest BCUT2D eigenvalue weighted by Crippen LogP contribution is -2.51. The lowest BCUT2D eigenvalue weighted by Gasteiger charge is -2.43. The van der Waals surface area contributed by atoms with E-state index in [9.17, 15) is 9.13 Å². The molecule has 0 aromatic rings. The maximum atomic E-state index is 13.8. The lowest BCUT2D eigenvalue weighted by atomic mass is 9.51. The monoisotopic (exact) mass is 459 g/mol. The third kappa shape index (κ3) is 7.17. The van der Waals surface area contributed by atoms with Gasteiger partial charge in [0.25, 0.3) is 7.52 Å². The first-order chi connectivity index (χ1) is 14.0. The molecule has 167 valence electrons. The number of nitrogens with zero attached hydrogens (tertiary/aromatic N) is 3. The Morgan fingerprint density at radius 2 is 1.73 bits per heavy atom. The quantitative estimate of drug-likeness (QED) is 0.337. The molecule has 2 saturated heterocycles. The summed E-state index contributed by atoms with van der Waals surface area (Å²) in [6, 6.07) is -0.894. The Morgan fingerprint density at radius 3 is 2.33 bits per heavy atom. The van der Waals surface area contributed by atoms with Gasteiger partial charge in [0.1, 0.15) is 7.85 Å². The maximum absolute atomic E-state index is 13.8. The number of ether oxygens (including phenoxy) is 2. The van der Waals surface area contributed by atoms with Crippen LogP contribution in [0.5, 0.6) is 0 Å². The Hall–Kier alpha value is 0.335. The molecule has 2 aliphatic rings. The Labute approximate surface area is 183 Å². The van der Waals surface area contributed by atoms with Crippen molar-refractivity contribution in [3.05, 3.63) is 0 Å². The highest BCUT2D eigenvalue weighted by Gasteiger charge is 2.41. The molecule has 0 unspecified atom stereocenters. The van der Waals surface area contributed by atoms with Crippen molar-refractivity contribution in [3.63, 3.8) is 0 Å². The van der Waals surface area contributed by atoms with E-state index in [1.165, 1.54) is 18.5 Å². The van der Waals surface area contributed by atoms with Crippen LogP contribution in [-0.4, -0.2) is 135 Å². The van der Waals surface area contributed by atoms with Gasteiger partial charge in [0.2, 0.25) is 0 Å². The summed E-state index contributed by atoms with van der Waals surface area (Å²) in [6.45, 7) is 3.43. The standard InChI is InChI=1S/C15H32B3N4O6P2/c1-20(2)29(5,23)25-11-13-8-22(9-14(16)27-13)30(24,21(3)4)26-10-12-6-19-7-15(18-17)28-12/h12-15,19H,6-11H2,1-5H3/t12-,13-,14+,15+,29+,30-/m0/s1. The second-order valence-electron chi connectivity index (χ2n) is 7.89. The molecule has 5 radical (unpaired) electrons. The van der Waals surface area contributed by atoms with Gasteiger partial charge in [0.05, 0.1) is 32.6 Å². The highest BCUT2D eigenvalue weighted by atomic mass is 31.2. The zero-order valence-corrected chi connectivity index (χ0v) is 20.3. The molecular formula is C15H32B3N4O6P2. The first-order valence-electron chi connectivity index (χ1n) is 9.88. The fourth-order valence-electron chi connectivity index (χ4n) is 3.06. The molecule has 2 rings (SSSR count). The molecule has 2 aliphatic heterocycles. The van der Waals surface area contributed by atoms with Crippen molar-refractivity contribution < 1.29 is 27.7 Å². The van der Waals surface area contributed by atoms with Crippen LogP contribution in [0.4, 0.5) is 0 Å². The molecule has 0 amide bonds. The van der Waals surface area contributed by atoms with Gasteiger partial charge in [0, 0.05) is 52.6 Å². The van der Waals surface area contributed by atoms with E-state index in [1.807, 2.05) is 0 Å². The molecule has 15 heteroatoms. The molecular weight excluding hydrogens is 427 g/mol. The van der Waals surface area contributed by atoms with Gasteiger partial charge in [-0.05, 0) is 28.2 Å². The van der Waals surface area contributed by atoms with Crippen LogP contribution < -0.4 is 5.32 Å². The molecule has 0 aliphatic carbocycles. The minimum absolute atomic E-state index is 0.0628. The van der Waals surface area contributed by atoms with Crippen molar-refractivity contribution in [3.8, 4) is 0 Å². The van der Waals surface area contributed by atoms with Crippen LogP contribution in [0.3, 0.4) is 0 Å². The first kappa shape index (κ1) is 26.6. The number of hydrogen-bond donors (Lipinski definition) is 1. The summed E-state index contributed by atoms with van der Waals surface area (Å²) in [5.41, 5.74) is 0. The van der Waals surface area contributed by atoms with Crippen molar-refractivity contribution in [1.29, 1.82) is 0 Å². The predicted molar refractivity (Wildman–Crippen MR) is 119 cm³/mol. The van der Waals surface area contributed by atoms with Crippen LogP contribution >= 0.6 is 15.2 Å². The van der Waals surface area contributed by atoms with Crippen LogP contribution in [0.1, 0.15) is 0 Å². The second-order valence-corrected chi connectivity index (χ2v) is 13.2. The van der Waals surface area contributed by atoms with E-state index in [1.54, 1.807) is 37.5 Å². The number of morpholine rings is 2. The van der Waals surface area contributed by atoms with Crippen molar-refractivity contribution in [2.75, 3.05) is 74.2 Å². The summed E-state index contributed by atoms with van der Waals surface area (Å²) in [5, 5.41) is 3.21. The average Bonchev–Trinajstić information content (AvgIpc) is 2.70. The predicted octanol–water partition coefficient (Wildman–Crippen LogP) is -0.629. The van der Waals surface area contributed by atoms with Crippen LogP contribution in [0, 0.1) is 0 Å². The molecule has 1 N–H and O–H groups in total. The molecule has 0 aromatic carbocycles. The number of nitrogens with one attached hydrogen (secondary N) is 1. The summed E-state index contributed by atoms with van der Waals surface area (Å²) in [4.78, 5) is 0. The highest BCUT2D eigenvalue weighted by Crippen LogP contribution is 2.54. The van der Waals surface area contributed by atoms with E-state index < -0.39 is 27.3 Å². The molecule has 2 heterocycles. The molecule has 0 spiro atoms. The molecule has 0 bridgehead atoms. The molecule has 10 nitrogen and oxygen atoms in total. The van der Waals surface area contributed by atoms with Gasteiger partial charge in [-0.15, -0.1) is 0 Å². The first-order valence-corrected chi connectivity index (χ1v) is 13.4. The Kier molecular flexibility index (Phi) is 10.2. The smallest absolute Gasteiger partial charge is 0.345 e. The average molecular weight is 459 g/mol. The summed E-state index contributed by atoms with van der Waals surface area (Å²) in [5.74, 6) is 0. The Bertz CT molecular complexity index is 649. The topological polar surface area (TPSA) is 92.8 Å². The normalized spacial score (nSPS) is 32.6. The maximum Gasteiger partial charge on any atom is 0.345 e. The van der Waals surface area contributed by atoms with Crippen LogP contribution in [0.25, 0.3) is 0 Å². The molecule has 6 atom stereocenters. The summed E-state index contributed by atoms with van der Waals surface area (Å²) >= 11 is 0. The minimum Gasteiger partial charge on any atom is -0.380 e. The molecule has 0 saturated carbocycles. The van der Waals surface area contributed by atoms with Crippen molar-refractivity contribution in [2.24, 2.45) is 0 Å². The van der Waals surface area contributed by atoms with E-state index in [2.05, 4.69) is 5.32 Å². The van der Waals surface area contributed by atoms with Gasteiger partial charge >= 0.3 is 7.67 Å². The van der Waals surface area contributed by atoms with Crippen molar-refractivity contribution in [1.82, 2.24) is 19.3 Å². The highest BCUT2D eigenvalue weighted by molar-refractivity contribution is 7.55. The van der Waals surface area contributed by atoms with Gasteiger partial charge in [-0.2, -0.15) is 0 Å². The Morgan fingerprint density at radius 1 is 1.07 bits per heavy atom. The minimum atomic E-state index is -3.40. The fourth-order valence-corrected chi connectivity index (χ4v) is 5.75. The van der Waals surface area contributed by atoms with Crippen LogP contribution in [0.2, 0.25) is 0 Å². The zero-order valence-electron chi connectivity index (χ0n) is 18.5. The van der Waals surface area contributed by atoms with Gasteiger partial charge in [-0.1, -0.05) is 0 Å². The third-order valence-corrected chi connectivity index (χ3v) is 9.61. The van der Waals surface area contributed by atoms with Crippen molar-refractivity contribution >= 4 is 37.9 Å². The summed E-state index contributed by atoms with van der Waals surface area (Å²) in [7, 11) is 13.5. The van der Waals surface area contributed by atoms with Crippen LogP contribution in [-0.2, 0) is 27.7 Å². The molecule has 2 fully saturated rings. The SMILES string of the molecule is [B][B][C@H]1CNC[C@@H](CO[P@@](=O)(N(C)C)N2C[C@@H](CO[P@@](C)(=O)N(C)C)O[C@@H]([B])C2)O1.